The lowest BCUT2D eigenvalue weighted by molar-refractivity contribution is -0.115. The summed E-state index contributed by atoms with van der Waals surface area (Å²) < 4.78 is 0. The highest BCUT2D eigenvalue weighted by Gasteiger charge is 2.19. The number of carbonyl (C=O) groups excluding carboxylic acids is 1. The van der Waals surface area contributed by atoms with Crippen molar-refractivity contribution in [3.8, 4) is 0 Å². The fourth-order valence-electron chi connectivity index (χ4n) is 2.01. The molecule has 0 spiro atoms. The van der Waals surface area contributed by atoms with Gasteiger partial charge in [-0.25, -0.2) is 0 Å². The lowest BCUT2D eigenvalue weighted by Gasteiger charge is -2.18. The van der Waals surface area contributed by atoms with Crippen molar-refractivity contribution in [2.75, 3.05) is 5.32 Å². The molecule has 1 aliphatic carbocycles. The molecule has 0 aliphatic heterocycles. The van der Waals surface area contributed by atoms with E-state index in [0.29, 0.717) is 17.5 Å². The number of rotatable bonds is 3. The Morgan fingerprint density at radius 2 is 2.12 bits per heavy atom. The third-order valence-corrected chi connectivity index (χ3v) is 3.96. The van der Waals surface area contributed by atoms with E-state index in [1.165, 1.54) is 43.4 Å². The van der Waals surface area contributed by atoms with Gasteiger partial charge in [0.2, 0.25) is 11.0 Å². The molecule has 0 unspecified atom stereocenters. The number of nitrogens with one attached hydrogen (secondary N) is 1. The second-order valence-electron chi connectivity index (χ2n) is 4.18. The van der Waals surface area contributed by atoms with Gasteiger partial charge in [0.05, 0.1) is 0 Å². The highest BCUT2D eigenvalue weighted by Crippen LogP contribution is 2.35. The Hall–Kier alpha value is -0.970. The zero-order chi connectivity index (χ0) is 11.4. The van der Waals surface area contributed by atoms with Crippen molar-refractivity contribution in [2.24, 2.45) is 0 Å². The fourth-order valence-corrected chi connectivity index (χ4v) is 2.94. The maximum absolute atomic E-state index is 11.2. The molecule has 1 saturated carbocycles. The highest BCUT2D eigenvalue weighted by atomic mass is 32.1. The average Bonchev–Trinajstić information content (AvgIpc) is 2.78. The number of hydrogen-bond donors (Lipinski definition) is 1. The van der Waals surface area contributed by atoms with Crippen LogP contribution in [-0.2, 0) is 4.79 Å². The molecule has 0 radical (unpaired) electrons. The van der Waals surface area contributed by atoms with Gasteiger partial charge in [0.1, 0.15) is 5.01 Å². The normalized spacial score (nSPS) is 17.3. The first kappa shape index (κ1) is 11.5. The van der Waals surface area contributed by atoms with E-state index in [1.807, 2.05) is 6.92 Å². The highest BCUT2D eigenvalue weighted by molar-refractivity contribution is 7.15. The monoisotopic (exact) mass is 239 g/mol. The summed E-state index contributed by atoms with van der Waals surface area (Å²) in [5, 5.41) is 12.7. The van der Waals surface area contributed by atoms with Crippen molar-refractivity contribution < 1.29 is 4.79 Å². The Balaban J connectivity index is 1.98. The second kappa shape index (κ2) is 5.39. The molecule has 1 fully saturated rings. The molecule has 0 saturated heterocycles. The van der Waals surface area contributed by atoms with Crippen LogP contribution >= 0.6 is 11.3 Å². The molecule has 88 valence electrons. The Bertz CT molecular complexity index is 358. The second-order valence-corrected chi connectivity index (χ2v) is 5.19. The molecule has 4 nitrogen and oxygen atoms in total. The van der Waals surface area contributed by atoms with E-state index in [2.05, 4.69) is 15.5 Å². The summed E-state index contributed by atoms with van der Waals surface area (Å²) in [5.41, 5.74) is 0. The van der Waals surface area contributed by atoms with Crippen LogP contribution in [0, 0.1) is 0 Å². The Labute approximate surface area is 99.5 Å². The molecule has 0 atom stereocenters. The molecular weight excluding hydrogens is 222 g/mol. The lowest BCUT2D eigenvalue weighted by Crippen LogP contribution is -2.08. The van der Waals surface area contributed by atoms with E-state index in [4.69, 9.17) is 0 Å². The van der Waals surface area contributed by atoms with Crippen molar-refractivity contribution in [1.29, 1.82) is 0 Å². The molecule has 1 amide bonds. The molecule has 1 heterocycles. The van der Waals surface area contributed by atoms with Crippen LogP contribution in [-0.4, -0.2) is 16.1 Å². The SMILES string of the molecule is CCC(=O)Nc1nnc(C2CCCCC2)s1. The van der Waals surface area contributed by atoms with E-state index in [9.17, 15) is 4.79 Å². The van der Waals surface area contributed by atoms with Gasteiger partial charge < -0.3 is 5.32 Å². The van der Waals surface area contributed by atoms with Gasteiger partial charge in [-0.05, 0) is 12.8 Å². The molecule has 2 rings (SSSR count). The van der Waals surface area contributed by atoms with Gasteiger partial charge in [-0.15, -0.1) is 10.2 Å². The van der Waals surface area contributed by atoms with E-state index in [1.54, 1.807) is 0 Å². The summed E-state index contributed by atoms with van der Waals surface area (Å²) in [4.78, 5) is 11.2. The first-order chi connectivity index (χ1) is 7.79. The van der Waals surface area contributed by atoms with Crippen LogP contribution in [0.25, 0.3) is 0 Å². The number of anilines is 1. The Morgan fingerprint density at radius 1 is 1.38 bits per heavy atom. The van der Waals surface area contributed by atoms with Crippen LogP contribution in [0.1, 0.15) is 56.4 Å². The van der Waals surface area contributed by atoms with Gasteiger partial charge in [0, 0.05) is 12.3 Å². The van der Waals surface area contributed by atoms with Crippen molar-refractivity contribution in [2.45, 2.75) is 51.4 Å². The number of hydrogen-bond acceptors (Lipinski definition) is 4. The molecule has 0 aromatic carbocycles. The van der Waals surface area contributed by atoms with Crippen LogP contribution in [0.15, 0.2) is 0 Å². The van der Waals surface area contributed by atoms with Gasteiger partial charge in [-0.1, -0.05) is 37.5 Å². The molecule has 5 heteroatoms. The maximum Gasteiger partial charge on any atom is 0.225 e. The fraction of sp³-hybridized carbons (Fsp3) is 0.727. The van der Waals surface area contributed by atoms with Crippen LogP contribution < -0.4 is 5.32 Å². The van der Waals surface area contributed by atoms with Gasteiger partial charge in [-0.3, -0.25) is 4.79 Å². The topological polar surface area (TPSA) is 54.9 Å². The van der Waals surface area contributed by atoms with Crippen LogP contribution in [0.4, 0.5) is 5.13 Å². The molecule has 1 N–H and O–H groups in total. The number of amides is 1. The molecule has 16 heavy (non-hydrogen) atoms. The predicted molar refractivity (Wildman–Crippen MR) is 64.7 cm³/mol. The van der Waals surface area contributed by atoms with Gasteiger partial charge >= 0.3 is 0 Å². The third kappa shape index (κ3) is 2.78. The molecular formula is C11H17N3OS. The summed E-state index contributed by atoms with van der Waals surface area (Å²) in [5.74, 6) is 0.574. The summed E-state index contributed by atoms with van der Waals surface area (Å²) >= 11 is 1.53. The predicted octanol–water partition coefficient (Wildman–Crippen LogP) is 2.93. The van der Waals surface area contributed by atoms with Gasteiger partial charge in [0.25, 0.3) is 0 Å². The molecule has 1 aliphatic rings. The standard InChI is InChI=1S/C11H17N3OS/c1-2-9(15)12-11-14-13-10(16-11)8-6-4-3-5-7-8/h8H,2-7H2,1H3,(H,12,14,15). The van der Waals surface area contributed by atoms with Crippen molar-refractivity contribution in [3.05, 3.63) is 5.01 Å². The van der Waals surface area contributed by atoms with E-state index in [-0.39, 0.29) is 5.91 Å². The zero-order valence-corrected chi connectivity index (χ0v) is 10.3. The minimum absolute atomic E-state index is 0.00587. The minimum atomic E-state index is 0.00587. The minimum Gasteiger partial charge on any atom is -0.301 e. The van der Waals surface area contributed by atoms with Gasteiger partial charge in [0.15, 0.2) is 0 Å². The Kier molecular flexibility index (Phi) is 3.88. The lowest BCUT2D eigenvalue weighted by atomic mass is 9.90. The quantitative estimate of drug-likeness (QED) is 0.882. The summed E-state index contributed by atoms with van der Waals surface area (Å²) in [6, 6.07) is 0. The van der Waals surface area contributed by atoms with Gasteiger partial charge in [-0.2, -0.15) is 0 Å². The Morgan fingerprint density at radius 3 is 2.81 bits per heavy atom. The van der Waals surface area contributed by atoms with Crippen LogP contribution in [0.3, 0.4) is 0 Å². The summed E-state index contributed by atoms with van der Waals surface area (Å²) in [7, 11) is 0. The molecule has 1 aromatic heterocycles. The van der Waals surface area contributed by atoms with Crippen molar-refractivity contribution in [3.63, 3.8) is 0 Å². The van der Waals surface area contributed by atoms with Crippen molar-refractivity contribution in [1.82, 2.24) is 10.2 Å². The smallest absolute Gasteiger partial charge is 0.225 e. The van der Waals surface area contributed by atoms with E-state index in [0.717, 1.165) is 5.01 Å². The summed E-state index contributed by atoms with van der Waals surface area (Å²) in [6.45, 7) is 1.83. The van der Waals surface area contributed by atoms with Crippen LogP contribution in [0.5, 0.6) is 0 Å². The zero-order valence-electron chi connectivity index (χ0n) is 9.53. The maximum atomic E-state index is 11.2. The molecule has 1 aromatic rings. The average molecular weight is 239 g/mol. The number of aromatic nitrogens is 2. The number of carbonyl (C=O) groups is 1. The first-order valence-corrected chi connectivity index (χ1v) is 6.74. The first-order valence-electron chi connectivity index (χ1n) is 5.93. The largest absolute Gasteiger partial charge is 0.301 e. The van der Waals surface area contributed by atoms with Crippen LogP contribution in [0.2, 0.25) is 0 Å². The van der Waals surface area contributed by atoms with E-state index >= 15 is 0 Å². The molecule has 0 bridgehead atoms. The van der Waals surface area contributed by atoms with E-state index < -0.39 is 0 Å². The summed E-state index contributed by atoms with van der Waals surface area (Å²) in [6.07, 6.45) is 6.85. The number of nitrogens with zero attached hydrogens (tertiary/aromatic N) is 2. The third-order valence-electron chi connectivity index (χ3n) is 2.96. The van der Waals surface area contributed by atoms with Crippen molar-refractivity contribution >= 4 is 22.4 Å².